The Morgan fingerprint density at radius 1 is 1.45 bits per heavy atom. The van der Waals surface area contributed by atoms with E-state index in [1.165, 1.54) is 6.20 Å². The summed E-state index contributed by atoms with van der Waals surface area (Å²) in [6, 6.07) is 3.55. The van der Waals surface area contributed by atoms with E-state index in [1.54, 1.807) is 13.0 Å². The van der Waals surface area contributed by atoms with Crippen LogP contribution in [-0.4, -0.2) is 10.2 Å². The largest absolute Gasteiger partial charge is 0.278 e. The Hall–Kier alpha value is -1.38. The summed E-state index contributed by atoms with van der Waals surface area (Å²) in [6.07, 6.45) is 1.50. The highest BCUT2D eigenvalue weighted by Gasteiger charge is 2.03. The van der Waals surface area contributed by atoms with Gasteiger partial charge in [0.05, 0.1) is 17.1 Å². The summed E-state index contributed by atoms with van der Waals surface area (Å²) >= 11 is 0. The van der Waals surface area contributed by atoms with Crippen molar-refractivity contribution in [3.63, 3.8) is 0 Å². The van der Waals surface area contributed by atoms with Gasteiger partial charge in [-0.25, -0.2) is 4.39 Å². The smallest absolute Gasteiger partial charge is 0.137 e. The van der Waals surface area contributed by atoms with Gasteiger partial charge in [0.25, 0.3) is 0 Å². The zero-order chi connectivity index (χ0) is 7.84. The van der Waals surface area contributed by atoms with Crippen molar-refractivity contribution in [3.8, 4) is 0 Å². The lowest BCUT2D eigenvalue weighted by molar-refractivity contribution is 0.631. The van der Waals surface area contributed by atoms with Gasteiger partial charge in [0.1, 0.15) is 5.82 Å². The number of benzene rings is 1. The van der Waals surface area contributed by atoms with Gasteiger partial charge in [-0.3, -0.25) is 5.10 Å². The van der Waals surface area contributed by atoms with Crippen LogP contribution in [0.5, 0.6) is 0 Å². The van der Waals surface area contributed by atoms with Crippen molar-refractivity contribution in [3.05, 3.63) is 29.7 Å². The standard InChI is InChI=1S/C8H7FN2/c1-5-2-3-7-6(8(5)9)4-10-11-7/h2-4H,1H3,(H,10,11). The maximum absolute atomic E-state index is 13.2. The van der Waals surface area contributed by atoms with Crippen LogP contribution in [0.2, 0.25) is 0 Å². The molecule has 0 spiro atoms. The maximum Gasteiger partial charge on any atom is 0.137 e. The molecule has 1 aromatic heterocycles. The number of H-pyrrole nitrogens is 1. The van der Waals surface area contributed by atoms with Gasteiger partial charge in [0.15, 0.2) is 0 Å². The molecule has 0 saturated heterocycles. The van der Waals surface area contributed by atoms with E-state index in [4.69, 9.17) is 0 Å². The van der Waals surface area contributed by atoms with E-state index in [9.17, 15) is 4.39 Å². The van der Waals surface area contributed by atoms with E-state index in [-0.39, 0.29) is 5.82 Å². The Morgan fingerprint density at radius 3 is 3.09 bits per heavy atom. The van der Waals surface area contributed by atoms with Crippen molar-refractivity contribution in [2.24, 2.45) is 0 Å². The molecule has 2 aromatic rings. The molecule has 0 aliphatic rings. The van der Waals surface area contributed by atoms with Crippen molar-refractivity contribution in [1.82, 2.24) is 10.2 Å². The second-order valence-electron chi connectivity index (χ2n) is 2.53. The zero-order valence-corrected chi connectivity index (χ0v) is 6.06. The topological polar surface area (TPSA) is 28.7 Å². The maximum atomic E-state index is 13.2. The van der Waals surface area contributed by atoms with E-state index < -0.39 is 0 Å². The monoisotopic (exact) mass is 150 g/mol. The Labute approximate surface area is 63.0 Å². The zero-order valence-electron chi connectivity index (χ0n) is 6.06. The van der Waals surface area contributed by atoms with Crippen LogP contribution >= 0.6 is 0 Å². The highest BCUT2D eigenvalue weighted by Crippen LogP contribution is 2.17. The quantitative estimate of drug-likeness (QED) is 0.611. The Balaban J connectivity index is 2.93. The van der Waals surface area contributed by atoms with Crippen LogP contribution in [0.4, 0.5) is 4.39 Å². The van der Waals surface area contributed by atoms with Gasteiger partial charge in [0.2, 0.25) is 0 Å². The Morgan fingerprint density at radius 2 is 2.27 bits per heavy atom. The number of aromatic amines is 1. The fourth-order valence-corrected chi connectivity index (χ4v) is 1.09. The molecule has 56 valence electrons. The van der Waals surface area contributed by atoms with Gasteiger partial charge < -0.3 is 0 Å². The SMILES string of the molecule is Cc1ccc2[nH]ncc2c1F. The van der Waals surface area contributed by atoms with Crippen LogP contribution in [0.1, 0.15) is 5.56 Å². The lowest BCUT2D eigenvalue weighted by Crippen LogP contribution is -1.81. The average Bonchev–Trinajstić information content (AvgIpc) is 2.45. The molecule has 1 aromatic carbocycles. The molecule has 0 bridgehead atoms. The molecule has 0 fully saturated rings. The first kappa shape index (κ1) is 6.34. The van der Waals surface area contributed by atoms with Gasteiger partial charge in [-0.15, -0.1) is 0 Å². The molecule has 2 nitrogen and oxygen atoms in total. The van der Waals surface area contributed by atoms with Crippen molar-refractivity contribution in [2.45, 2.75) is 6.92 Å². The third kappa shape index (κ3) is 0.808. The molecule has 3 heteroatoms. The molecule has 1 N–H and O–H groups in total. The van der Waals surface area contributed by atoms with Gasteiger partial charge in [-0.2, -0.15) is 5.10 Å². The first-order valence-electron chi connectivity index (χ1n) is 3.37. The van der Waals surface area contributed by atoms with Gasteiger partial charge >= 0.3 is 0 Å². The number of aromatic nitrogens is 2. The van der Waals surface area contributed by atoms with Crippen LogP contribution in [-0.2, 0) is 0 Å². The van der Waals surface area contributed by atoms with Crippen molar-refractivity contribution in [2.75, 3.05) is 0 Å². The predicted molar refractivity (Wildman–Crippen MR) is 40.8 cm³/mol. The molecule has 0 aliphatic carbocycles. The van der Waals surface area contributed by atoms with Crippen molar-refractivity contribution < 1.29 is 4.39 Å². The summed E-state index contributed by atoms with van der Waals surface area (Å²) in [6.45, 7) is 1.74. The molecule has 0 saturated carbocycles. The van der Waals surface area contributed by atoms with E-state index in [0.717, 1.165) is 5.52 Å². The predicted octanol–water partition coefficient (Wildman–Crippen LogP) is 2.01. The molecule has 0 radical (unpaired) electrons. The summed E-state index contributed by atoms with van der Waals surface area (Å²) in [7, 11) is 0. The van der Waals surface area contributed by atoms with Crippen LogP contribution in [0.15, 0.2) is 18.3 Å². The summed E-state index contributed by atoms with van der Waals surface area (Å²) in [5, 5.41) is 7.00. The van der Waals surface area contributed by atoms with Crippen molar-refractivity contribution in [1.29, 1.82) is 0 Å². The summed E-state index contributed by atoms with van der Waals surface area (Å²) in [4.78, 5) is 0. The number of fused-ring (bicyclic) bond motifs is 1. The van der Waals surface area contributed by atoms with Crippen LogP contribution in [0.3, 0.4) is 0 Å². The number of nitrogens with one attached hydrogen (secondary N) is 1. The first-order valence-corrected chi connectivity index (χ1v) is 3.37. The van der Waals surface area contributed by atoms with E-state index >= 15 is 0 Å². The second-order valence-corrected chi connectivity index (χ2v) is 2.53. The molecular weight excluding hydrogens is 143 g/mol. The second kappa shape index (κ2) is 2.05. The number of hydrogen-bond acceptors (Lipinski definition) is 1. The van der Waals surface area contributed by atoms with Gasteiger partial charge in [-0.05, 0) is 18.6 Å². The van der Waals surface area contributed by atoms with Crippen molar-refractivity contribution >= 4 is 10.9 Å². The summed E-state index contributed by atoms with van der Waals surface area (Å²) in [5.41, 5.74) is 1.40. The number of hydrogen-bond donors (Lipinski definition) is 1. The van der Waals surface area contributed by atoms with Crippen LogP contribution in [0, 0.1) is 12.7 Å². The molecule has 2 rings (SSSR count). The minimum Gasteiger partial charge on any atom is -0.278 e. The fraction of sp³-hybridized carbons (Fsp3) is 0.125. The van der Waals surface area contributed by atoms with E-state index in [2.05, 4.69) is 10.2 Å². The van der Waals surface area contributed by atoms with Gasteiger partial charge in [-0.1, -0.05) is 6.07 Å². The molecule has 0 amide bonds. The lowest BCUT2D eigenvalue weighted by atomic mass is 10.2. The number of nitrogens with zero attached hydrogens (tertiary/aromatic N) is 1. The third-order valence-corrected chi connectivity index (χ3v) is 1.75. The number of aryl methyl sites for hydroxylation is 1. The number of halogens is 1. The molecule has 0 aliphatic heterocycles. The minimum atomic E-state index is -0.184. The Kier molecular flexibility index (Phi) is 1.18. The van der Waals surface area contributed by atoms with Crippen LogP contribution in [0.25, 0.3) is 10.9 Å². The summed E-state index contributed by atoms with van der Waals surface area (Å²) in [5.74, 6) is -0.184. The van der Waals surface area contributed by atoms with Crippen LogP contribution < -0.4 is 0 Å². The number of rotatable bonds is 0. The Bertz CT molecular complexity index is 392. The summed E-state index contributed by atoms with van der Waals surface area (Å²) < 4.78 is 13.2. The normalized spacial score (nSPS) is 10.7. The van der Waals surface area contributed by atoms with E-state index in [0.29, 0.717) is 10.9 Å². The first-order chi connectivity index (χ1) is 5.29. The van der Waals surface area contributed by atoms with Gasteiger partial charge in [0, 0.05) is 0 Å². The molecular formula is C8H7FN2. The molecule has 0 atom stereocenters. The minimum absolute atomic E-state index is 0.184. The highest BCUT2D eigenvalue weighted by molar-refractivity contribution is 5.79. The molecule has 0 unspecified atom stereocenters. The van der Waals surface area contributed by atoms with E-state index in [1.807, 2.05) is 6.07 Å². The molecule has 11 heavy (non-hydrogen) atoms. The third-order valence-electron chi connectivity index (χ3n) is 1.75. The molecule has 1 heterocycles. The highest BCUT2D eigenvalue weighted by atomic mass is 19.1. The fourth-order valence-electron chi connectivity index (χ4n) is 1.09. The lowest BCUT2D eigenvalue weighted by Gasteiger charge is -1.94. The average molecular weight is 150 g/mol.